The summed E-state index contributed by atoms with van der Waals surface area (Å²) in [7, 11) is 0. The van der Waals surface area contributed by atoms with Gasteiger partial charge in [-0.15, -0.1) is 0 Å². The number of carbonyl (C=O) groups is 1. The Balaban J connectivity index is 2.49. The molecule has 0 atom stereocenters. The minimum absolute atomic E-state index is 0.132. The largest absolute Gasteiger partial charge is 0.462 e. The summed E-state index contributed by atoms with van der Waals surface area (Å²) >= 11 is 0. The number of ether oxygens (including phenoxy) is 1. The molecule has 0 unspecified atom stereocenters. The monoisotopic (exact) mass is 340 g/mol. The first-order valence-electron chi connectivity index (χ1n) is 8.15. The van der Waals surface area contributed by atoms with Gasteiger partial charge in [-0.1, -0.05) is 0 Å². The smallest absolute Gasteiger partial charge is 0.348 e. The molecule has 0 saturated heterocycles. The van der Waals surface area contributed by atoms with Gasteiger partial charge in [-0.25, -0.2) is 9.59 Å². The molecule has 25 heavy (non-hydrogen) atoms. The SMILES string of the molecule is CCOC(=O)/C(C#N)=C/c1cc2ccc(N(CC)CC)cc2oc1=O. The molecular weight excluding hydrogens is 320 g/mol. The molecule has 0 fully saturated rings. The van der Waals surface area contributed by atoms with E-state index in [-0.39, 0.29) is 17.7 Å². The molecule has 0 aliphatic heterocycles. The molecule has 6 nitrogen and oxygen atoms in total. The average molecular weight is 340 g/mol. The van der Waals surface area contributed by atoms with E-state index in [2.05, 4.69) is 18.7 Å². The van der Waals surface area contributed by atoms with Gasteiger partial charge in [0.25, 0.3) is 0 Å². The van der Waals surface area contributed by atoms with Crippen LogP contribution in [0.2, 0.25) is 0 Å². The summed E-state index contributed by atoms with van der Waals surface area (Å²) in [6.45, 7) is 7.59. The number of hydrogen-bond acceptors (Lipinski definition) is 6. The Morgan fingerprint density at radius 2 is 2.00 bits per heavy atom. The molecule has 6 heteroatoms. The van der Waals surface area contributed by atoms with Crippen molar-refractivity contribution in [3.8, 4) is 6.07 Å². The fraction of sp³-hybridized carbons (Fsp3) is 0.316. The van der Waals surface area contributed by atoms with Gasteiger partial charge in [0.05, 0.1) is 12.2 Å². The van der Waals surface area contributed by atoms with Gasteiger partial charge in [-0.05, 0) is 45.0 Å². The zero-order chi connectivity index (χ0) is 18.4. The highest BCUT2D eigenvalue weighted by Crippen LogP contribution is 2.22. The second-order valence-electron chi connectivity index (χ2n) is 5.27. The van der Waals surface area contributed by atoms with Gasteiger partial charge in [0.1, 0.15) is 17.2 Å². The van der Waals surface area contributed by atoms with Crippen LogP contribution < -0.4 is 10.5 Å². The lowest BCUT2D eigenvalue weighted by Crippen LogP contribution is -2.21. The molecule has 0 N–H and O–H groups in total. The lowest BCUT2D eigenvalue weighted by molar-refractivity contribution is -0.137. The van der Waals surface area contributed by atoms with E-state index in [4.69, 9.17) is 14.4 Å². The van der Waals surface area contributed by atoms with E-state index in [1.54, 1.807) is 19.1 Å². The molecule has 0 amide bonds. The summed E-state index contributed by atoms with van der Waals surface area (Å²) in [5.41, 5.74) is 0.705. The Morgan fingerprint density at radius 3 is 2.60 bits per heavy atom. The number of nitrogens with zero attached hydrogens (tertiary/aromatic N) is 2. The van der Waals surface area contributed by atoms with Crippen molar-refractivity contribution in [3.05, 3.63) is 45.8 Å². The first-order chi connectivity index (χ1) is 12.0. The summed E-state index contributed by atoms with van der Waals surface area (Å²) in [5, 5.41) is 9.79. The van der Waals surface area contributed by atoms with Crippen LogP contribution in [-0.4, -0.2) is 25.7 Å². The molecule has 0 aliphatic carbocycles. The highest BCUT2D eigenvalue weighted by molar-refractivity contribution is 5.98. The minimum Gasteiger partial charge on any atom is -0.462 e. The first kappa shape index (κ1) is 18.3. The average Bonchev–Trinajstić information content (AvgIpc) is 2.61. The predicted molar refractivity (Wildman–Crippen MR) is 96.3 cm³/mol. The van der Waals surface area contributed by atoms with Crippen LogP contribution in [-0.2, 0) is 9.53 Å². The van der Waals surface area contributed by atoms with Crippen LogP contribution in [0.15, 0.2) is 39.1 Å². The number of esters is 1. The van der Waals surface area contributed by atoms with Crippen LogP contribution in [0.1, 0.15) is 26.3 Å². The first-order valence-corrected chi connectivity index (χ1v) is 8.15. The van der Waals surface area contributed by atoms with E-state index in [0.717, 1.165) is 18.8 Å². The van der Waals surface area contributed by atoms with Gasteiger partial charge in [0.2, 0.25) is 0 Å². The predicted octanol–water partition coefficient (Wildman–Crippen LogP) is 3.11. The molecule has 1 heterocycles. The molecule has 0 radical (unpaired) electrons. The maximum Gasteiger partial charge on any atom is 0.348 e. The fourth-order valence-corrected chi connectivity index (χ4v) is 2.50. The zero-order valence-corrected chi connectivity index (χ0v) is 14.5. The van der Waals surface area contributed by atoms with Crippen molar-refractivity contribution in [2.24, 2.45) is 0 Å². The molecule has 0 aliphatic rings. The zero-order valence-electron chi connectivity index (χ0n) is 14.5. The molecule has 0 bridgehead atoms. The summed E-state index contributed by atoms with van der Waals surface area (Å²) in [5.74, 6) is -0.763. The third-order valence-corrected chi connectivity index (χ3v) is 3.79. The van der Waals surface area contributed by atoms with Crippen LogP contribution in [0.5, 0.6) is 0 Å². The number of hydrogen-bond donors (Lipinski definition) is 0. The van der Waals surface area contributed by atoms with E-state index in [9.17, 15) is 9.59 Å². The van der Waals surface area contributed by atoms with Gasteiger partial charge < -0.3 is 14.1 Å². The molecule has 1 aromatic heterocycles. The van der Waals surface area contributed by atoms with Gasteiger partial charge >= 0.3 is 11.6 Å². The summed E-state index contributed by atoms with van der Waals surface area (Å²) in [4.78, 5) is 26.0. The Morgan fingerprint density at radius 1 is 1.28 bits per heavy atom. The molecule has 2 rings (SSSR count). The molecule has 0 spiro atoms. The van der Waals surface area contributed by atoms with E-state index < -0.39 is 11.6 Å². The standard InChI is InChI=1S/C19H20N2O4/c1-4-21(5-2)16-8-7-13-9-14(19(23)25-17(13)11-16)10-15(12-20)18(22)24-6-3/h7-11H,4-6H2,1-3H3/b15-10+. The summed E-state index contributed by atoms with van der Waals surface area (Å²) in [6.07, 6.45) is 1.20. The topological polar surface area (TPSA) is 83.5 Å². The number of benzene rings is 1. The van der Waals surface area contributed by atoms with Gasteiger partial charge in [0.15, 0.2) is 0 Å². The van der Waals surface area contributed by atoms with Crippen LogP contribution >= 0.6 is 0 Å². The summed E-state index contributed by atoms with van der Waals surface area (Å²) in [6, 6.07) is 8.95. The molecule has 0 saturated carbocycles. The number of carbonyl (C=O) groups excluding carboxylic acids is 1. The number of anilines is 1. The van der Waals surface area contributed by atoms with Crippen molar-refractivity contribution in [1.82, 2.24) is 0 Å². The normalized spacial score (nSPS) is 11.2. The third kappa shape index (κ3) is 4.07. The Labute approximate surface area is 145 Å². The minimum atomic E-state index is -0.763. The molecule has 2 aromatic rings. The Bertz CT molecular complexity index is 902. The number of fused-ring (bicyclic) bond motifs is 1. The van der Waals surface area contributed by atoms with Crippen molar-refractivity contribution >= 4 is 28.7 Å². The third-order valence-electron chi connectivity index (χ3n) is 3.79. The van der Waals surface area contributed by atoms with E-state index in [1.807, 2.05) is 18.2 Å². The van der Waals surface area contributed by atoms with Crippen molar-refractivity contribution in [1.29, 1.82) is 5.26 Å². The van der Waals surface area contributed by atoms with Gasteiger partial charge in [-0.3, -0.25) is 0 Å². The second kappa shape index (κ2) is 8.15. The van der Waals surface area contributed by atoms with Crippen molar-refractivity contribution < 1.29 is 13.9 Å². The van der Waals surface area contributed by atoms with Crippen molar-refractivity contribution in [2.75, 3.05) is 24.6 Å². The lowest BCUT2D eigenvalue weighted by atomic mass is 10.1. The second-order valence-corrected chi connectivity index (χ2v) is 5.27. The van der Waals surface area contributed by atoms with Gasteiger partial charge in [0, 0.05) is 30.2 Å². The highest BCUT2D eigenvalue weighted by Gasteiger charge is 2.13. The van der Waals surface area contributed by atoms with E-state index in [0.29, 0.717) is 11.0 Å². The molecule has 1 aromatic carbocycles. The van der Waals surface area contributed by atoms with E-state index in [1.165, 1.54) is 6.08 Å². The summed E-state index contributed by atoms with van der Waals surface area (Å²) < 4.78 is 10.2. The van der Waals surface area contributed by atoms with Crippen LogP contribution in [0.25, 0.3) is 17.0 Å². The van der Waals surface area contributed by atoms with Gasteiger partial charge in [-0.2, -0.15) is 5.26 Å². The molecular formula is C19H20N2O4. The van der Waals surface area contributed by atoms with Crippen LogP contribution in [0, 0.1) is 11.3 Å². The van der Waals surface area contributed by atoms with Crippen LogP contribution in [0.4, 0.5) is 5.69 Å². The maximum atomic E-state index is 12.2. The lowest BCUT2D eigenvalue weighted by Gasteiger charge is -2.20. The number of rotatable bonds is 6. The fourth-order valence-electron chi connectivity index (χ4n) is 2.50. The molecule has 130 valence electrons. The van der Waals surface area contributed by atoms with Crippen molar-refractivity contribution in [3.63, 3.8) is 0 Å². The number of nitriles is 1. The quantitative estimate of drug-likeness (QED) is 0.348. The maximum absolute atomic E-state index is 12.2. The van der Waals surface area contributed by atoms with E-state index >= 15 is 0 Å². The Hall–Kier alpha value is -3.07. The Kier molecular flexibility index (Phi) is 5.96. The highest BCUT2D eigenvalue weighted by atomic mass is 16.5. The van der Waals surface area contributed by atoms with Crippen LogP contribution in [0.3, 0.4) is 0 Å². The van der Waals surface area contributed by atoms with Crippen molar-refractivity contribution in [2.45, 2.75) is 20.8 Å².